The molecule has 8 rings (SSSR count). The molecule has 0 radical (unpaired) electrons. The lowest BCUT2D eigenvalue weighted by Gasteiger charge is -2.22. The Morgan fingerprint density at radius 2 is 0.869 bits per heavy atom. The minimum absolute atomic E-state index is 0.381. The van der Waals surface area contributed by atoms with Gasteiger partial charge in [0.15, 0.2) is 0 Å². The molecule has 4 aromatic heterocycles. The summed E-state index contributed by atoms with van der Waals surface area (Å²) in [6, 6.07) is 53.9. The summed E-state index contributed by atoms with van der Waals surface area (Å²) in [6.07, 6.45) is 2.60. The van der Waals surface area contributed by atoms with Crippen molar-refractivity contribution in [1.29, 1.82) is 0 Å². The summed E-state index contributed by atoms with van der Waals surface area (Å²) in [5, 5.41) is 39.8. The van der Waals surface area contributed by atoms with Gasteiger partial charge in [0.25, 0.3) is 0 Å². The first-order valence-electron chi connectivity index (χ1n) is 19.5. The molecule has 0 amide bonds. The number of thioether (sulfide) groups is 2. The summed E-state index contributed by atoms with van der Waals surface area (Å²) in [5.41, 5.74) is 1.88. The van der Waals surface area contributed by atoms with Crippen molar-refractivity contribution in [1.82, 2.24) is 0 Å². The zero-order valence-electron chi connectivity index (χ0n) is 32.8. The predicted octanol–water partition coefficient (Wildman–Crippen LogP) is 13.4. The third-order valence-corrected chi connectivity index (χ3v) is 16.6. The van der Waals surface area contributed by atoms with Crippen molar-refractivity contribution in [3.8, 4) is 19.5 Å². The fourth-order valence-electron chi connectivity index (χ4n) is 6.07. The van der Waals surface area contributed by atoms with E-state index >= 15 is 0 Å². The van der Waals surface area contributed by atoms with Crippen LogP contribution in [-0.2, 0) is 0 Å². The molecule has 0 aliphatic carbocycles. The summed E-state index contributed by atoms with van der Waals surface area (Å²) >= 11 is 11.9. The third-order valence-electron chi connectivity index (χ3n) is 9.07. The number of aliphatic hydroxyl groups is 2. The topological polar surface area (TPSA) is 71.7 Å². The molecule has 0 aliphatic rings. The monoisotopic (exact) mass is 930 g/mol. The van der Waals surface area contributed by atoms with E-state index in [0.29, 0.717) is 24.6 Å². The Kier molecular flexibility index (Phi) is 15.7. The number of para-hydroxylation sites is 2. The van der Waals surface area contributed by atoms with Gasteiger partial charge in [-0.25, -0.2) is 0 Å². The lowest BCUT2D eigenvalue weighted by atomic mass is 10.3. The second kappa shape index (κ2) is 22.1. The summed E-state index contributed by atoms with van der Waals surface area (Å²) in [7, 11) is 0. The van der Waals surface area contributed by atoms with E-state index in [1.807, 2.05) is 83.1 Å². The molecular formula is C48H42N4O2S7. The van der Waals surface area contributed by atoms with Crippen LogP contribution in [0.1, 0.15) is 9.75 Å². The molecule has 2 N–H and O–H groups in total. The van der Waals surface area contributed by atoms with E-state index in [1.165, 1.54) is 19.5 Å². The lowest BCUT2D eigenvalue weighted by Crippen LogP contribution is -2.30. The number of thiophene rings is 4. The number of hydrogen-bond donors (Lipinski definition) is 2. The van der Waals surface area contributed by atoms with Crippen LogP contribution in [0.15, 0.2) is 198 Å². The Hall–Kier alpha value is -4.41. The Bertz CT molecular complexity index is 2380. The second-order valence-electron chi connectivity index (χ2n) is 13.7. The SMILES string of the molecule is OC(CSc1ccc(Sc2ccc(SCC(O)CN(/N=C/c3ccc(-c4cccs4)s3)c3ccccc3)cc2)cc1)CN(/N=C/c1ccc(-c2cccs2)s1)c1ccccc1. The van der Waals surface area contributed by atoms with Crippen LogP contribution in [0.4, 0.5) is 11.4 Å². The highest BCUT2D eigenvalue weighted by atomic mass is 32.2. The lowest BCUT2D eigenvalue weighted by molar-refractivity contribution is 0.204. The summed E-state index contributed by atoms with van der Waals surface area (Å²) < 4.78 is 0. The van der Waals surface area contributed by atoms with Gasteiger partial charge in [0, 0.05) is 60.4 Å². The molecule has 61 heavy (non-hydrogen) atoms. The van der Waals surface area contributed by atoms with E-state index < -0.39 is 12.2 Å². The first-order chi connectivity index (χ1) is 30.0. The number of rotatable bonds is 20. The minimum Gasteiger partial charge on any atom is -0.390 e. The summed E-state index contributed by atoms with van der Waals surface area (Å²) in [6.45, 7) is 0.762. The molecule has 8 aromatic rings. The van der Waals surface area contributed by atoms with E-state index in [-0.39, 0.29) is 0 Å². The summed E-state index contributed by atoms with van der Waals surface area (Å²) in [5.74, 6) is 1.09. The van der Waals surface area contributed by atoms with Crippen LogP contribution in [0, 0.1) is 0 Å². The Morgan fingerprint density at radius 3 is 1.26 bits per heavy atom. The van der Waals surface area contributed by atoms with Gasteiger partial charge in [0.1, 0.15) is 0 Å². The quantitative estimate of drug-likeness (QED) is 0.0448. The van der Waals surface area contributed by atoms with Gasteiger partial charge in [0.2, 0.25) is 0 Å². The summed E-state index contributed by atoms with van der Waals surface area (Å²) in [4.78, 5) is 11.6. The van der Waals surface area contributed by atoms with Crippen LogP contribution >= 0.6 is 80.6 Å². The molecule has 0 saturated carbocycles. The molecule has 308 valence electrons. The number of nitrogens with zero attached hydrogens (tertiary/aromatic N) is 4. The molecule has 13 heteroatoms. The number of anilines is 2. The Labute approximate surface area is 386 Å². The molecule has 4 heterocycles. The molecule has 6 nitrogen and oxygen atoms in total. The third kappa shape index (κ3) is 12.8. The van der Waals surface area contributed by atoms with Gasteiger partial charge >= 0.3 is 0 Å². The van der Waals surface area contributed by atoms with Crippen molar-refractivity contribution in [2.75, 3.05) is 34.6 Å². The van der Waals surface area contributed by atoms with Crippen LogP contribution in [-0.4, -0.2) is 59.4 Å². The molecule has 0 fully saturated rings. The van der Waals surface area contributed by atoms with Crippen molar-refractivity contribution >= 4 is 104 Å². The minimum atomic E-state index is -0.586. The van der Waals surface area contributed by atoms with Crippen molar-refractivity contribution in [3.05, 3.63) is 178 Å². The molecule has 0 spiro atoms. The molecule has 2 atom stereocenters. The molecule has 0 bridgehead atoms. The normalized spacial score (nSPS) is 12.6. The largest absolute Gasteiger partial charge is 0.390 e. The van der Waals surface area contributed by atoms with Crippen LogP contribution < -0.4 is 10.0 Å². The van der Waals surface area contributed by atoms with Crippen molar-refractivity contribution < 1.29 is 10.2 Å². The van der Waals surface area contributed by atoms with E-state index in [0.717, 1.165) is 40.7 Å². The van der Waals surface area contributed by atoms with E-state index in [9.17, 15) is 10.2 Å². The number of hydrazone groups is 2. The van der Waals surface area contributed by atoms with Gasteiger partial charge in [-0.15, -0.1) is 68.9 Å². The molecule has 0 aliphatic heterocycles. The highest BCUT2D eigenvalue weighted by molar-refractivity contribution is 8.00. The zero-order chi connectivity index (χ0) is 41.6. The molecule has 4 aromatic carbocycles. The molecular weight excluding hydrogens is 889 g/mol. The maximum atomic E-state index is 11.1. The first kappa shape index (κ1) is 43.2. The maximum absolute atomic E-state index is 11.1. The Morgan fingerprint density at radius 1 is 0.459 bits per heavy atom. The Balaban J connectivity index is 0.797. The van der Waals surface area contributed by atoms with E-state index in [2.05, 4.69) is 108 Å². The second-order valence-corrected chi connectivity index (χ2v) is 21.1. The van der Waals surface area contributed by atoms with E-state index in [4.69, 9.17) is 10.2 Å². The van der Waals surface area contributed by atoms with Gasteiger partial charge in [-0.1, -0.05) is 60.3 Å². The van der Waals surface area contributed by atoms with Gasteiger partial charge in [0.05, 0.1) is 49.1 Å². The fraction of sp³-hybridized carbons (Fsp3) is 0.125. The standard InChI is InChI=1S/C48H42N4O2S7/c53-37(31-51(35-9-3-1-4-10-35)49-29-43-23-25-47(60-43)45-13-7-27-55-45)33-57-39-15-19-41(20-16-39)59-42-21-17-40(18-22-42)58-34-38(54)32-52(36-11-5-2-6-12-36)50-30-44-24-26-48(61-44)46-14-8-28-56-46/h1-30,37-38,53-54H,31-34H2/b49-29+,50-30+. The first-order valence-corrected chi connectivity index (χ1v) is 25.7. The van der Waals surface area contributed by atoms with Gasteiger partial charge in [-0.2, -0.15) is 10.2 Å². The average molecular weight is 931 g/mol. The maximum Gasteiger partial charge on any atom is 0.0830 e. The van der Waals surface area contributed by atoms with Gasteiger partial charge < -0.3 is 10.2 Å². The smallest absolute Gasteiger partial charge is 0.0830 e. The average Bonchev–Trinajstić information content (AvgIpc) is 4.16. The number of benzene rings is 4. The fourth-order valence-corrected chi connectivity index (χ4v) is 11.9. The number of aliphatic hydroxyl groups excluding tert-OH is 2. The van der Waals surface area contributed by atoms with Crippen molar-refractivity contribution in [2.24, 2.45) is 10.2 Å². The predicted molar refractivity (Wildman–Crippen MR) is 268 cm³/mol. The highest BCUT2D eigenvalue weighted by Crippen LogP contribution is 2.34. The van der Waals surface area contributed by atoms with Crippen molar-refractivity contribution in [3.63, 3.8) is 0 Å². The zero-order valence-corrected chi connectivity index (χ0v) is 38.6. The van der Waals surface area contributed by atoms with Crippen LogP contribution in [0.2, 0.25) is 0 Å². The molecule has 0 saturated heterocycles. The van der Waals surface area contributed by atoms with Gasteiger partial charge in [-0.3, -0.25) is 10.0 Å². The van der Waals surface area contributed by atoms with Crippen LogP contribution in [0.3, 0.4) is 0 Å². The van der Waals surface area contributed by atoms with Crippen LogP contribution in [0.5, 0.6) is 0 Å². The van der Waals surface area contributed by atoms with Gasteiger partial charge in [-0.05, 0) is 120 Å². The number of hydrogen-bond acceptors (Lipinski definition) is 13. The van der Waals surface area contributed by atoms with Crippen molar-refractivity contribution in [2.45, 2.75) is 31.8 Å². The molecule has 2 unspecified atom stereocenters. The highest BCUT2D eigenvalue weighted by Gasteiger charge is 2.15. The van der Waals surface area contributed by atoms with E-state index in [1.54, 1.807) is 80.6 Å². The van der Waals surface area contributed by atoms with Crippen LogP contribution in [0.25, 0.3) is 19.5 Å².